The fraction of sp³-hybridized carbons (Fsp3) is 0.0870. The number of halogens is 1. The zero-order valence-electron chi connectivity index (χ0n) is 15.7. The molecular weight excluding hydrogens is 388 g/mol. The molecule has 3 aromatic carbocycles. The van der Waals surface area contributed by atoms with Crippen molar-refractivity contribution in [2.75, 3.05) is 10.6 Å². The molecule has 6 heteroatoms. The van der Waals surface area contributed by atoms with E-state index in [-0.39, 0.29) is 11.7 Å². The highest BCUT2D eigenvalue weighted by Crippen LogP contribution is 2.24. The lowest BCUT2D eigenvalue weighted by molar-refractivity contribution is -0.115. The standard InChI is InChI=1S/C23H19ClN2O3/c1-2-21(27)25-18-10-6-9-16(13-18)23(29)26-20-12-11-17(24)14-19(20)22(28)15-7-4-3-5-8-15/h3-14H,2H2,1H3,(H,25,27)(H,26,29). The Hall–Kier alpha value is -3.44. The number of anilines is 2. The van der Waals surface area contributed by atoms with E-state index in [2.05, 4.69) is 10.6 Å². The Morgan fingerprint density at radius 1 is 0.828 bits per heavy atom. The summed E-state index contributed by atoms with van der Waals surface area (Å²) in [5.74, 6) is -0.787. The second kappa shape index (κ2) is 9.17. The van der Waals surface area contributed by atoms with Crippen molar-refractivity contribution < 1.29 is 14.4 Å². The number of nitrogens with one attached hydrogen (secondary N) is 2. The summed E-state index contributed by atoms with van der Waals surface area (Å²) in [4.78, 5) is 37.2. The van der Waals surface area contributed by atoms with Gasteiger partial charge in [0.1, 0.15) is 0 Å². The molecule has 0 unspecified atom stereocenters. The first-order valence-electron chi connectivity index (χ1n) is 9.08. The molecule has 0 spiro atoms. The molecule has 0 aliphatic heterocycles. The van der Waals surface area contributed by atoms with Crippen molar-refractivity contribution in [3.8, 4) is 0 Å². The summed E-state index contributed by atoms with van der Waals surface area (Å²) >= 11 is 6.08. The predicted molar refractivity (Wildman–Crippen MR) is 115 cm³/mol. The molecular formula is C23H19ClN2O3. The monoisotopic (exact) mass is 406 g/mol. The maximum absolute atomic E-state index is 12.9. The first-order valence-corrected chi connectivity index (χ1v) is 9.46. The van der Waals surface area contributed by atoms with Gasteiger partial charge < -0.3 is 10.6 Å². The van der Waals surface area contributed by atoms with Crippen LogP contribution in [-0.2, 0) is 4.79 Å². The van der Waals surface area contributed by atoms with Crippen LogP contribution in [0.2, 0.25) is 5.02 Å². The van der Waals surface area contributed by atoms with Gasteiger partial charge >= 0.3 is 0 Å². The van der Waals surface area contributed by atoms with Gasteiger partial charge in [0.05, 0.1) is 5.69 Å². The third-order valence-electron chi connectivity index (χ3n) is 4.24. The molecule has 0 saturated carbocycles. The zero-order valence-corrected chi connectivity index (χ0v) is 16.5. The molecule has 3 aromatic rings. The van der Waals surface area contributed by atoms with Gasteiger partial charge in [-0.05, 0) is 36.4 Å². The highest BCUT2D eigenvalue weighted by molar-refractivity contribution is 6.31. The lowest BCUT2D eigenvalue weighted by Crippen LogP contribution is -2.16. The molecule has 0 radical (unpaired) electrons. The van der Waals surface area contributed by atoms with Crippen molar-refractivity contribution in [1.29, 1.82) is 0 Å². The van der Waals surface area contributed by atoms with Crippen molar-refractivity contribution in [2.24, 2.45) is 0 Å². The zero-order chi connectivity index (χ0) is 20.8. The van der Waals surface area contributed by atoms with Gasteiger partial charge in [-0.15, -0.1) is 0 Å². The van der Waals surface area contributed by atoms with E-state index in [1.807, 2.05) is 6.07 Å². The quantitative estimate of drug-likeness (QED) is 0.554. The molecule has 0 atom stereocenters. The number of ketones is 1. The Bertz CT molecular complexity index is 1060. The molecule has 0 saturated heterocycles. The van der Waals surface area contributed by atoms with Crippen molar-refractivity contribution in [1.82, 2.24) is 0 Å². The average molecular weight is 407 g/mol. The van der Waals surface area contributed by atoms with Crippen molar-refractivity contribution >= 4 is 40.6 Å². The van der Waals surface area contributed by atoms with Crippen molar-refractivity contribution in [2.45, 2.75) is 13.3 Å². The molecule has 3 rings (SSSR count). The maximum atomic E-state index is 12.9. The lowest BCUT2D eigenvalue weighted by Gasteiger charge is -2.12. The predicted octanol–water partition coefficient (Wildman–Crippen LogP) is 5.17. The molecule has 0 fully saturated rings. The molecule has 146 valence electrons. The minimum absolute atomic E-state index is 0.143. The SMILES string of the molecule is CCC(=O)Nc1cccc(C(=O)Nc2ccc(Cl)cc2C(=O)c2ccccc2)c1. The lowest BCUT2D eigenvalue weighted by atomic mass is 10.0. The van der Waals surface area contributed by atoms with Gasteiger partial charge in [0, 0.05) is 33.8 Å². The Morgan fingerprint density at radius 3 is 2.28 bits per heavy atom. The number of benzene rings is 3. The number of hydrogen-bond donors (Lipinski definition) is 2. The van der Waals surface area contributed by atoms with E-state index in [1.165, 1.54) is 6.07 Å². The van der Waals surface area contributed by atoms with Gasteiger partial charge in [-0.25, -0.2) is 0 Å². The van der Waals surface area contributed by atoms with Crippen LogP contribution in [-0.4, -0.2) is 17.6 Å². The smallest absolute Gasteiger partial charge is 0.255 e. The molecule has 5 nitrogen and oxygen atoms in total. The van der Waals surface area contributed by atoms with Crippen LogP contribution in [0.5, 0.6) is 0 Å². The summed E-state index contributed by atoms with van der Waals surface area (Å²) in [6.07, 6.45) is 0.339. The molecule has 0 aliphatic carbocycles. The van der Waals surface area contributed by atoms with Crippen LogP contribution in [0.15, 0.2) is 72.8 Å². The van der Waals surface area contributed by atoms with Crippen molar-refractivity contribution in [3.05, 3.63) is 94.5 Å². The fourth-order valence-electron chi connectivity index (χ4n) is 2.74. The number of rotatable bonds is 6. The van der Waals surface area contributed by atoms with Crippen LogP contribution in [0.25, 0.3) is 0 Å². The number of hydrogen-bond acceptors (Lipinski definition) is 3. The summed E-state index contributed by atoms with van der Waals surface area (Å²) in [6.45, 7) is 1.75. The highest BCUT2D eigenvalue weighted by Gasteiger charge is 2.17. The minimum atomic E-state index is -0.401. The van der Waals surface area contributed by atoms with E-state index in [9.17, 15) is 14.4 Å². The van der Waals surface area contributed by atoms with Crippen LogP contribution in [0, 0.1) is 0 Å². The molecule has 2 N–H and O–H groups in total. The third kappa shape index (κ3) is 5.09. The Kier molecular flexibility index (Phi) is 6.42. The van der Waals surface area contributed by atoms with E-state index in [1.54, 1.807) is 67.6 Å². The molecule has 0 heterocycles. The molecule has 0 aliphatic rings. The molecule has 29 heavy (non-hydrogen) atoms. The van der Waals surface area contributed by atoms with Crippen LogP contribution in [0.4, 0.5) is 11.4 Å². The van der Waals surface area contributed by atoms with E-state index in [0.717, 1.165) is 0 Å². The van der Waals surface area contributed by atoms with E-state index < -0.39 is 5.91 Å². The Morgan fingerprint density at radius 2 is 1.55 bits per heavy atom. The van der Waals surface area contributed by atoms with Crippen LogP contribution >= 0.6 is 11.6 Å². The summed E-state index contributed by atoms with van der Waals surface area (Å²) in [7, 11) is 0. The summed E-state index contributed by atoms with van der Waals surface area (Å²) in [5.41, 5.74) is 2.03. The fourth-order valence-corrected chi connectivity index (χ4v) is 2.91. The summed E-state index contributed by atoms with van der Waals surface area (Å²) < 4.78 is 0. The van der Waals surface area contributed by atoms with Gasteiger partial charge in [-0.2, -0.15) is 0 Å². The maximum Gasteiger partial charge on any atom is 0.255 e. The minimum Gasteiger partial charge on any atom is -0.326 e. The normalized spacial score (nSPS) is 10.3. The van der Waals surface area contributed by atoms with Crippen LogP contribution in [0.3, 0.4) is 0 Å². The first-order chi connectivity index (χ1) is 14.0. The number of carbonyl (C=O) groups is 3. The van der Waals surface area contributed by atoms with Gasteiger partial charge in [0.2, 0.25) is 5.91 Å². The van der Waals surface area contributed by atoms with Gasteiger partial charge in [0.25, 0.3) is 5.91 Å². The largest absolute Gasteiger partial charge is 0.326 e. The van der Waals surface area contributed by atoms with E-state index in [0.29, 0.717) is 39.5 Å². The number of carbonyl (C=O) groups excluding carboxylic acids is 3. The highest BCUT2D eigenvalue weighted by atomic mass is 35.5. The Balaban J connectivity index is 1.87. The third-order valence-corrected chi connectivity index (χ3v) is 4.48. The molecule has 0 bridgehead atoms. The average Bonchev–Trinajstić information content (AvgIpc) is 2.75. The van der Waals surface area contributed by atoms with E-state index >= 15 is 0 Å². The summed E-state index contributed by atoms with van der Waals surface area (Å²) in [5, 5.41) is 5.88. The van der Waals surface area contributed by atoms with Crippen LogP contribution < -0.4 is 10.6 Å². The van der Waals surface area contributed by atoms with Gasteiger partial charge in [-0.1, -0.05) is 54.9 Å². The number of amides is 2. The van der Waals surface area contributed by atoms with Crippen LogP contribution in [0.1, 0.15) is 39.6 Å². The topological polar surface area (TPSA) is 75.3 Å². The van der Waals surface area contributed by atoms with Gasteiger partial charge in [0.15, 0.2) is 5.78 Å². The Labute approximate surface area is 173 Å². The first kappa shape index (κ1) is 20.3. The second-order valence-corrected chi connectivity index (χ2v) is 6.76. The molecule has 0 aromatic heterocycles. The van der Waals surface area contributed by atoms with E-state index in [4.69, 9.17) is 11.6 Å². The van der Waals surface area contributed by atoms with Crippen molar-refractivity contribution in [3.63, 3.8) is 0 Å². The molecule has 2 amide bonds. The van der Waals surface area contributed by atoms with Gasteiger partial charge in [-0.3, -0.25) is 14.4 Å². The summed E-state index contributed by atoms with van der Waals surface area (Å²) in [6, 6.07) is 20.1. The second-order valence-electron chi connectivity index (χ2n) is 6.32.